The molecular formula is C17H19NO2. The largest absolute Gasteiger partial charge is 0.481 e. The standard InChI is InChI=1S/C17H19NO2/c19-17(20)8-4-5-13-18-16-11-9-15(10-12-16)14-6-2-1-3-7-14/h1-3,6-7,9-12,18H,4-5,8,13H2,(H,19,20). The third kappa shape index (κ3) is 4.43. The molecule has 2 aromatic carbocycles. The molecule has 0 heterocycles. The number of rotatable bonds is 7. The van der Waals surface area contributed by atoms with Crippen LogP contribution in [0.5, 0.6) is 0 Å². The second kappa shape index (κ2) is 7.34. The van der Waals surface area contributed by atoms with Gasteiger partial charge in [0.25, 0.3) is 0 Å². The molecule has 2 rings (SSSR count). The Morgan fingerprint density at radius 3 is 2.20 bits per heavy atom. The third-order valence-electron chi connectivity index (χ3n) is 3.14. The molecular weight excluding hydrogens is 250 g/mol. The van der Waals surface area contributed by atoms with Crippen LogP contribution in [0.3, 0.4) is 0 Å². The van der Waals surface area contributed by atoms with E-state index < -0.39 is 5.97 Å². The Hall–Kier alpha value is -2.29. The van der Waals surface area contributed by atoms with Crippen LogP contribution >= 0.6 is 0 Å². The van der Waals surface area contributed by atoms with E-state index in [4.69, 9.17) is 5.11 Å². The van der Waals surface area contributed by atoms with E-state index in [1.54, 1.807) is 0 Å². The van der Waals surface area contributed by atoms with Crippen molar-refractivity contribution in [2.24, 2.45) is 0 Å². The third-order valence-corrected chi connectivity index (χ3v) is 3.14. The zero-order valence-corrected chi connectivity index (χ0v) is 11.4. The van der Waals surface area contributed by atoms with Gasteiger partial charge in [0.05, 0.1) is 0 Å². The molecule has 0 spiro atoms. The zero-order chi connectivity index (χ0) is 14.2. The molecule has 0 radical (unpaired) electrons. The molecule has 0 amide bonds. The highest BCUT2D eigenvalue weighted by Crippen LogP contribution is 2.20. The van der Waals surface area contributed by atoms with E-state index in [2.05, 4.69) is 41.7 Å². The normalized spacial score (nSPS) is 10.2. The van der Waals surface area contributed by atoms with Crippen LogP contribution in [0.15, 0.2) is 54.6 Å². The van der Waals surface area contributed by atoms with Gasteiger partial charge in [0, 0.05) is 18.7 Å². The Morgan fingerprint density at radius 1 is 0.900 bits per heavy atom. The number of anilines is 1. The number of nitrogens with one attached hydrogen (secondary N) is 1. The van der Waals surface area contributed by atoms with Crippen LogP contribution in [-0.2, 0) is 4.79 Å². The molecule has 0 aliphatic carbocycles. The maximum atomic E-state index is 10.4. The topological polar surface area (TPSA) is 49.3 Å². The summed E-state index contributed by atoms with van der Waals surface area (Å²) in [5.41, 5.74) is 3.47. The van der Waals surface area contributed by atoms with Gasteiger partial charge in [0.15, 0.2) is 0 Å². The monoisotopic (exact) mass is 269 g/mol. The predicted molar refractivity (Wildman–Crippen MR) is 81.9 cm³/mol. The minimum absolute atomic E-state index is 0.245. The highest BCUT2D eigenvalue weighted by Gasteiger charge is 1.98. The molecule has 0 aliphatic rings. The van der Waals surface area contributed by atoms with E-state index in [0.29, 0.717) is 6.42 Å². The maximum Gasteiger partial charge on any atom is 0.303 e. The van der Waals surface area contributed by atoms with Gasteiger partial charge in [-0.15, -0.1) is 0 Å². The van der Waals surface area contributed by atoms with Gasteiger partial charge in [-0.3, -0.25) is 4.79 Å². The van der Waals surface area contributed by atoms with Crippen molar-refractivity contribution in [1.29, 1.82) is 0 Å². The van der Waals surface area contributed by atoms with Gasteiger partial charge in [-0.25, -0.2) is 0 Å². The molecule has 0 aliphatic heterocycles. The molecule has 20 heavy (non-hydrogen) atoms. The second-order valence-electron chi connectivity index (χ2n) is 4.72. The van der Waals surface area contributed by atoms with Crippen LogP contribution in [0, 0.1) is 0 Å². The van der Waals surface area contributed by atoms with Gasteiger partial charge >= 0.3 is 5.97 Å². The highest BCUT2D eigenvalue weighted by molar-refractivity contribution is 5.66. The van der Waals surface area contributed by atoms with Crippen LogP contribution in [0.25, 0.3) is 11.1 Å². The first-order valence-electron chi connectivity index (χ1n) is 6.87. The number of hydrogen-bond acceptors (Lipinski definition) is 2. The lowest BCUT2D eigenvalue weighted by Gasteiger charge is -2.07. The number of carbonyl (C=O) groups is 1. The number of carboxylic acids is 1. The Bertz CT molecular complexity index is 535. The van der Waals surface area contributed by atoms with Crippen molar-refractivity contribution >= 4 is 11.7 Å². The Morgan fingerprint density at radius 2 is 1.55 bits per heavy atom. The van der Waals surface area contributed by atoms with Gasteiger partial charge in [-0.1, -0.05) is 42.5 Å². The van der Waals surface area contributed by atoms with Crippen LogP contribution in [0.2, 0.25) is 0 Å². The molecule has 0 saturated carbocycles. The first kappa shape index (κ1) is 14.1. The molecule has 0 unspecified atom stereocenters. The van der Waals surface area contributed by atoms with Gasteiger partial charge < -0.3 is 10.4 Å². The van der Waals surface area contributed by atoms with E-state index >= 15 is 0 Å². The van der Waals surface area contributed by atoms with E-state index in [1.807, 2.05) is 18.2 Å². The summed E-state index contributed by atoms with van der Waals surface area (Å²) in [6, 6.07) is 18.6. The Kier molecular flexibility index (Phi) is 5.18. The van der Waals surface area contributed by atoms with Gasteiger partial charge in [0.1, 0.15) is 0 Å². The van der Waals surface area contributed by atoms with Crippen LogP contribution < -0.4 is 5.32 Å². The quantitative estimate of drug-likeness (QED) is 0.746. The number of hydrogen-bond donors (Lipinski definition) is 2. The van der Waals surface area contributed by atoms with Gasteiger partial charge in [0.2, 0.25) is 0 Å². The lowest BCUT2D eigenvalue weighted by atomic mass is 10.1. The first-order valence-corrected chi connectivity index (χ1v) is 6.87. The van der Waals surface area contributed by atoms with Crippen molar-refractivity contribution in [2.75, 3.05) is 11.9 Å². The number of unbranched alkanes of at least 4 members (excludes halogenated alkanes) is 1. The minimum atomic E-state index is -0.725. The van der Waals surface area contributed by atoms with Crippen molar-refractivity contribution in [2.45, 2.75) is 19.3 Å². The Labute approximate surface area is 119 Å². The lowest BCUT2D eigenvalue weighted by Crippen LogP contribution is -2.03. The summed E-state index contributed by atoms with van der Waals surface area (Å²) in [6.45, 7) is 0.804. The molecule has 0 atom stereocenters. The molecule has 0 fully saturated rings. The van der Waals surface area contributed by atoms with Crippen molar-refractivity contribution in [3.8, 4) is 11.1 Å². The van der Waals surface area contributed by atoms with E-state index in [1.165, 1.54) is 11.1 Å². The molecule has 0 saturated heterocycles. The maximum absolute atomic E-state index is 10.4. The minimum Gasteiger partial charge on any atom is -0.481 e. The van der Waals surface area contributed by atoms with Crippen LogP contribution in [0.1, 0.15) is 19.3 Å². The number of benzene rings is 2. The van der Waals surface area contributed by atoms with E-state index in [-0.39, 0.29) is 6.42 Å². The SMILES string of the molecule is O=C(O)CCCCNc1ccc(-c2ccccc2)cc1. The summed E-state index contributed by atoms with van der Waals surface area (Å²) in [5, 5.41) is 11.9. The van der Waals surface area contributed by atoms with Crippen LogP contribution in [0.4, 0.5) is 5.69 Å². The summed E-state index contributed by atoms with van der Waals surface area (Å²) in [4.78, 5) is 10.4. The first-order chi connectivity index (χ1) is 9.75. The predicted octanol–water partition coefficient (Wildman–Crippen LogP) is 4.02. The lowest BCUT2D eigenvalue weighted by molar-refractivity contribution is -0.137. The second-order valence-corrected chi connectivity index (χ2v) is 4.72. The average Bonchev–Trinajstić information content (AvgIpc) is 2.48. The fourth-order valence-corrected chi connectivity index (χ4v) is 2.05. The zero-order valence-electron chi connectivity index (χ0n) is 11.4. The van der Waals surface area contributed by atoms with E-state index in [0.717, 1.165) is 18.7 Å². The molecule has 104 valence electrons. The smallest absolute Gasteiger partial charge is 0.303 e. The molecule has 3 nitrogen and oxygen atoms in total. The number of carboxylic acid groups (broad SMARTS) is 1. The number of aliphatic carboxylic acids is 1. The molecule has 2 aromatic rings. The van der Waals surface area contributed by atoms with Crippen LogP contribution in [-0.4, -0.2) is 17.6 Å². The summed E-state index contributed by atoms with van der Waals surface area (Å²) < 4.78 is 0. The van der Waals surface area contributed by atoms with Crippen molar-refractivity contribution in [3.63, 3.8) is 0 Å². The van der Waals surface area contributed by atoms with Crippen molar-refractivity contribution in [3.05, 3.63) is 54.6 Å². The summed E-state index contributed by atoms with van der Waals surface area (Å²) in [5.74, 6) is -0.725. The van der Waals surface area contributed by atoms with Gasteiger partial charge in [-0.2, -0.15) is 0 Å². The molecule has 0 bridgehead atoms. The Balaban J connectivity index is 1.82. The van der Waals surface area contributed by atoms with Crippen molar-refractivity contribution < 1.29 is 9.90 Å². The summed E-state index contributed by atoms with van der Waals surface area (Å²) >= 11 is 0. The molecule has 2 N–H and O–H groups in total. The van der Waals surface area contributed by atoms with Gasteiger partial charge in [-0.05, 0) is 36.1 Å². The fraction of sp³-hybridized carbons (Fsp3) is 0.235. The summed E-state index contributed by atoms with van der Waals surface area (Å²) in [6.07, 6.45) is 1.83. The molecule has 0 aromatic heterocycles. The van der Waals surface area contributed by atoms with E-state index in [9.17, 15) is 4.79 Å². The highest BCUT2D eigenvalue weighted by atomic mass is 16.4. The van der Waals surface area contributed by atoms with Crippen molar-refractivity contribution in [1.82, 2.24) is 0 Å². The summed E-state index contributed by atoms with van der Waals surface area (Å²) in [7, 11) is 0. The average molecular weight is 269 g/mol. The molecule has 3 heteroatoms. The fourth-order valence-electron chi connectivity index (χ4n) is 2.05.